The first-order valence-electron chi connectivity index (χ1n) is 9.02. The van der Waals surface area contributed by atoms with Gasteiger partial charge < -0.3 is 20.1 Å². The molecule has 0 radical (unpaired) electrons. The number of primary sulfonamides is 1. The second kappa shape index (κ2) is 8.56. The Balaban J connectivity index is 2.12. The number of nitrogens with two attached hydrogens (primary N) is 2. The minimum atomic E-state index is -4.10. The van der Waals surface area contributed by atoms with Gasteiger partial charge in [-0.2, -0.15) is 0 Å². The van der Waals surface area contributed by atoms with Crippen LogP contribution in [0.4, 0.5) is 15.0 Å². The number of rotatable bonds is 5. The Morgan fingerprint density at radius 2 is 1.93 bits per heavy atom. The highest BCUT2D eigenvalue weighted by Crippen LogP contribution is 2.26. The average molecular weight is 444 g/mol. The Hall–Kier alpha value is -2.73. The van der Waals surface area contributed by atoms with Crippen molar-refractivity contribution in [1.29, 1.82) is 0 Å². The molecule has 0 bridgehead atoms. The molecule has 1 amide bonds. The molecule has 1 aromatic heterocycles. The lowest BCUT2D eigenvalue weighted by Gasteiger charge is -2.39. The summed E-state index contributed by atoms with van der Waals surface area (Å²) in [6.07, 6.45) is -0.00193. The quantitative estimate of drug-likeness (QED) is 0.659. The number of carbonyl (C=O) groups excluding carboxylic acids is 1. The number of sulfonamides is 1. The number of hydrogen-bond donors (Lipinski definition) is 2. The Morgan fingerprint density at radius 1 is 1.33 bits per heavy atom. The third kappa shape index (κ3) is 6.13. The van der Waals surface area contributed by atoms with Crippen LogP contribution in [0.15, 0.2) is 27.9 Å². The highest BCUT2D eigenvalue weighted by molar-refractivity contribution is 7.94. The maximum atomic E-state index is 14.1. The molecule has 12 heteroatoms. The molecule has 1 aliphatic rings. The number of halogens is 1. The van der Waals surface area contributed by atoms with Crippen molar-refractivity contribution in [2.24, 2.45) is 15.9 Å². The van der Waals surface area contributed by atoms with E-state index in [0.29, 0.717) is 0 Å². The van der Waals surface area contributed by atoms with E-state index in [2.05, 4.69) is 9.98 Å². The summed E-state index contributed by atoms with van der Waals surface area (Å²) < 4.78 is 48.3. The van der Waals surface area contributed by atoms with Gasteiger partial charge in [0.1, 0.15) is 16.6 Å². The molecule has 0 spiro atoms. The van der Waals surface area contributed by atoms with Crippen LogP contribution in [-0.4, -0.2) is 54.9 Å². The molecular weight excluding hydrogens is 417 g/mol. The number of aliphatic imine (C=N–C) groups is 1. The Labute approximate surface area is 174 Å². The molecule has 1 aromatic rings. The first-order valence-corrected chi connectivity index (χ1v) is 10.6. The van der Waals surface area contributed by atoms with Crippen molar-refractivity contribution in [3.8, 4) is 5.75 Å². The SMILES string of the molecule is CC(=Nc1cc(OC2CN(C(=O)OC(C)(C)C)C2)c(F)cn1)C(=C(C)N)S(N)(=O)=O. The zero-order valence-corrected chi connectivity index (χ0v) is 18.3. The second-order valence-electron chi connectivity index (χ2n) is 7.85. The van der Waals surface area contributed by atoms with E-state index >= 15 is 0 Å². The van der Waals surface area contributed by atoms with E-state index in [0.717, 1.165) is 6.20 Å². The van der Waals surface area contributed by atoms with Crippen molar-refractivity contribution in [1.82, 2.24) is 9.88 Å². The summed E-state index contributed by atoms with van der Waals surface area (Å²) in [7, 11) is -4.10. The number of ether oxygens (including phenoxy) is 2. The fourth-order valence-corrected chi connectivity index (χ4v) is 3.57. The predicted molar refractivity (Wildman–Crippen MR) is 109 cm³/mol. The van der Waals surface area contributed by atoms with Crippen molar-refractivity contribution in [2.45, 2.75) is 46.3 Å². The number of carbonyl (C=O) groups is 1. The first-order chi connectivity index (χ1) is 13.7. The molecule has 10 nitrogen and oxygen atoms in total. The molecule has 1 aliphatic heterocycles. The highest BCUT2D eigenvalue weighted by Gasteiger charge is 2.35. The van der Waals surface area contributed by atoms with Crippen LogP contribution in [0.3, 0.4) is 0 Å². The lowest BCUT2D eigenvalue weighted by atomic mass is 10.1. The molecule has 30 heavy (non-hydrogen) atoms. The van der Waals surface area contributed by atoms with Gasteiger partial charge in [-0.25, -0.2) is 32.7 Å². The van der Waals surface area contributed by atoms with Gasteiger partial charge in [0.15, 0.2) is 17.4 Å². The first kappa shape index (κ1) is 23.5. The Morgan fingerprint density at radius 3 is 2.43 bits per heavy atom. The Kier molecular flexibility index (Phi) is 6.72. The highest BCUT2D eigenvalue weighted by atomic mass is 32.2. The molecule has 0 aromatic carbocycles. The summed E-state index contributed by atoms with van der Waals surface area (Å²) in [5, 5.41) is 5.16. The predicted octanol–water partition coefficient (Wildman–Crippen LogP) is 1.79. The van der Waals surface area contributed by atoms with Crippen molar-refractivity contribution in [3.63, 3.8) is 0 Å². The normalized spacial score (nSPS) is 16.6. The van der Waals surface area contributed by atoms with Crippen molar-refractivity contribution < 1.29 is 27.1 Å². The number of nitrogens with zero attached hydrogens (tertiary/aromatic N) is 3. The monoisotopic (exact) mass is 443 g/mol. The molecule has 0 unspecified atom stereocenters. The molecule has 1 fully saturated rings. The van der Waals surface area contributed by atoms with Gasteiger partial charge in [-0.05, 0) is 34.6 Å². The molecule has 1 saturated heterocycles. The number of aromatic nitrogens is 1. The van der Waals surface area contributed by atoms with E-state index in [1.54, 1.807) is 20.8 Å². The van der Waals surface area contributed by atoms with E-state index in [-0.39, 0.29) is 41.0 Å². The van der Waals surface area contributed by atoms with E-state index in [4.69, 9.17) is 20.3 Å². The van der Waals surface area contributed by atoms with E-state index in [1.165, 1.54) is 24.8 Å². The lowest BCUT2D eigenvalue weighted by Crippen LogP contribution is -2.57. The summed E-state index contributed by atoms with van der Waals surface area (Å²) in [5.74, 6) is -0.842. The number of likely N-dealkylation sites (tertiary alicyclic amines) is 1. The number of amides is 1. The molecule has 2 rings (SSSR count). The molecule has 4 N–H and O–H groups in total. The van der Waals surface area contributed by atoms with E-state index in [9.17, 15) is 17.6 Å². The second-order valence-corrected chi connectivity index (χ2v) is 9.35. The summed E-state index contributed by atoms with van der Waals surface area (Å²) >= 11 is 0. The molecule has 2 heterocycles. The van der Waals surface area contributed by atoms with Crippen LogP contribution in [0, 0.1) is 5.82 Å². The van der Waals surface area contributed by atoms with Crippen LogP contribution in [0.1, 0.15) is 34.6 Å². The van der Waals surface area contributed by atoms with Gasteiger partial charge in [0.05, 0.1) is 25.0 Å². The summed E-state index contributed by atoms with van der Waals surface area (Å²) in [5.41, 5.74) is 4.95. The third-order valence-electron chi connectivity index (χ3n) is 3.85. The van der Waals surface area contributed by atoms with Crippen molar-refractivity contribution in [3.05, 3.63) is 28.7 Å². The van der Waals surface area contributed by atoms with Gasteiger partial charge in [0.25, 0.3) is 0 Å². The van der Waals surface area contributed by atoms with Crippen LogP contribution in [0.2, 0.25) is 0 Å². The average Bonchev–Trinajstić information content (AvgIpc) is 2.49. The smallest absolute Gasteiger partial charge is 0.410 e. The Bertz CT molecular complexity index is 991. The number of hydrogen-bond acceptors (Lipinski definition) is 8. The number of pyridine rings is 1. The summed E-state index contributed by atoms with van der Waals surface area (Å²) in [6, 6.07) is 1.22. The van der Waals surface area contributed by atoms with Gasteiger partial charge in [0, 0.05) is 11.8 Å². The molecule has 0 saturated carbocycles. The van der Waals surface area contributed by atoms with Crippen LogP contribution in [-0.2, 0) is 14.8 Å². The zero-order chi connectivity index (χ0) is 22.9. The van der Waals surface area contributed by atoms with Crippen molar-refractivity contribution in [2.75, 3.05) is 13.1 Å². The third-order valence-corrected chi connectivity index (χ3v) is 5.04. The molecule has 166 valence electrons. The topological polar surface area (TPSA) is 150 Å². The summed E-state index contributed by atoms with van der Waals surface area (Å²) in [4.78, 5) is 20.9. The van der Waals surface area contributed by atoms with Gasteiger partial charge in [-0.15, -0.1) is 0 Å². The fraction of sp³-hybridized carbons (Fsp3) is 0.500. The molecule has 0 atom stereocenters. The number of allylic oxidation sites excluding steroid dienone is 2. The van der Waals surface area contributed by atoms with Crippen LogP contribution >= 0.6 is 0 Å². The minimum Gasteiger partial charge on any atom is -0.483 e. The van der Waals surface area contributed by atoms with Gasteiger partial charge >= 0.3 is 6.09 Å². The standard InChI is InChI=1S/C18H26FN5O5S/c1-10(20)16(30(21,26)27)11(2)23-15-6-14(13(19)7-22-15)28-12-8-24(9-12)17(25)29-18(3,4)5/h6-7,12H,8-9,20H2,1-5H3,(H2,21,26,27). The summed E-state index contributed by atoms with van der Waals surface area (Å²) in [6.45, 7) is 8.52. The maximum absolute atomic E-state index is 14.1. The molecule has 0 aliphatic carbocycles. The maximum Gasteiger partial charge on any atom is 0.410 e. The van der Waals surface area contributed by atoms with Gasteiger partial charge in [-0.1, -0.05) is 0 Å². The van der Waals surface area contributed by atoms with Gasteiger partial charge in [-0.3, -0.25) is 0 Å². The lowest BCUT2D eigenvalue weighted by molar-refractivity contribution is -0.0229. The zero-order valence-electron chi connectivity index (χ0n) is 17.5. The van der Waals surface area contributed by atoms with Crippen molar-refractivity contribution >= 4 is 27.6 Å². The van der Waals surface area contributed by atoms with E-state index < -0.39 is 33.6 Å². The van der Waals surface area contributed by atoms with Crippen LogP contribution in [0.25, 0.3) is 0 Å². The van der Waals surface area contributed by atoms with E-state index in [1.807, 2.05) is 0 Å². The largest absolute Gasteiger partial charge is 0.483 e. The van der Waals surface area contributed by atoms with Crippen LogP contribution < -0.4 is 15.6 Å². The fourth-order valence-electron chi connectivity index (χ4n) is 2.67. The minimum absolute atomic E-state index is 0.00213. The van der Waals surface area contributed by atoms with Gasteiger partial charge in [0.2, 0.25) is 10.0 Å². The molecular formula is C18H26FN5O5S. The van der Waals surface area contributed by atoms with Crippen LogP contribution in [0.5, 0.6) is 5.75 Å².